The normalized spacial score (nSPS) is 12.0. The molecule has 1 aromatic carbocycles. The van der Waals surface area contributed by atoms with Crippen LogP contribution < -0.4 is 0 Å². The molecule has 0 bridgehead atoms. The van der Waals surface area contributed by atoms with Crippen LogP contribution in [0.25, 0.3) is 0 Å². The smallest absolute Gasteiger partial charge is 0.126 e. The van der Waals surface area contributed by atoms with Crippen LogP contribution in [-0.4, -0.2) is 0 Å². The number of nitriles is 1. The van der Waals surface area contributed by atoms with Crippen molar-refractivity contribution in [1.29, 1.82) is 5.26 Å². The molecule has 0 heterocycles. The first kappa shape index (κ1) is 8.73. The molecule has 1 nitrogen and oxygen atoms in total. The summed E-state index contributed by atoms with van der Waals surface area (Å²) in [5.74, 6) is 0. The van der Waals surface area contributed by atoms with Crippen molar-refractivity contribution < 1.29 is 4.39 Å². The van der Waals surface area contributed by atoms with Gasteiger partial charge in [0.1, 0.15) is 6.17 Å². The molecular formula is C10H10FN. The molecule has 0 aliphatic rings. The van der Waals surface area contributed by atoms with Gasteiger partial charge in [-0.2, -0.15) is 5.26 Å². The van der Waals surface area contributed by atoms with Crippen molar-refractivity contribution in [1.82, 2.24) is 0 Å². The first-order valence-corrected chi connectivity index (χ1v) is 3.90. The molecule has 0 N–H and O–H groups in total. The highest BCUT2D eigenvalue weighted by atomic mass is 19.1. The van der Waals surface area contributed by atoms with Crippen LogP contribution in [0.1, 0.15) is 24.6 Å². The first-order chi connectivity index (χ1) is 5.84. The van der Waals surface area contributed by atoms with Crippen LogP contribution in [0.4, 0.5) is 4.39 Å². The van der Waals surface area contributed by atoms with Crippen LogP contribution in [0.5, 0.6) is 0 Å². The molecule has 1 atom stereocenters. The van der Waals surface area contributed by atoms with Gasteiger partial charge < -0.3 is 0 Å². The third-order valence-electron chi connectivity index (χ3n) is 1.67. The Morgan fingerprint density at radius 3 is 2.58 bits per heavy atom. The number of benzene rings is 1. The minimum Gasteiger partial charge on any atom is -0.242 e. The zero-order valence-electron chi connectivity index (χ0n) is 6.70. The fourth-order valence-electron chi connectivity index (χ4n) is 1.02. The molecule has 0 aliphatic heterocycles. The Hall–Kier alpha value is -1.36. The van der Waals surface area contributed by atoms with E-state index in [0.29, 0.717) is 12.0 Å². The Balaban J connectivity index is 2.55. The number of alkyl halides is 1. The maximum Gasteiger partial charge on any atom is 0.126 e. The van der Waals surface area contributed by atoms with Crippen molar-refractivity contribution in [2.75, 3.05) is 0 Å². The average molecular weight is 163 g/mol. The summed E-state index contributed by atoms with van der Waals surface area (Å²) in [6.07, 6.45) is -0.429. The summed E-state index contributed by atoms with van der Waals surface area (Å²) < 4.78 is 13.2. The summed E-state index contributed by atoms with van der Waals surface area (Å²) in [4.78, 5) is 0. The van der Waals surface area contributed by atoms with E-state index in [0.717, 1.165) is 0 Å². The van der Waals surface area contributed by atoms with Crippen molar-refractivity contribution in [3.05, 3.63) is 35.9 Å². The highest BCUT2D eigenvalue weighted by Crippen LogP contribution is 2.21. The van der Waals surface area contributed by atoms with Crippen LogP contribution in [0, 0.1) is 11.3 Å². The molecule has 0 saturated carbocycles. The standard InChI is InChI=1S/C10H10FN/c11-10(7-4-8-12)9-5-2-1-3-6-9/h1-3,5-6,10H,4,7H2. The van der Waals surface area contributed by atoms with Crippen molar-refractivity contribution in [3.63, 3.8) is 0 Å². The SMILES string of the molecule is N#CCCC(F)c1ccccc1. The van der Waals surface area contributed by atoms with Gasteiger partial charge in [-0.15, -0.1) is 0 Å². The van der Waals surface area contributed by atoms with Gasteiger partial charge in [0.15, 0.2) is 0 Å². The van der Waals surface area contributed by atoms with E-state index in [-0.39, 0.29) is 6.42 Å². The summed E-state index contributed by atoms with van der Waals surface area (Å²) in [6, 6.07) is 10.9. The highest BCUT2D eigenvalue weighted by molar-refractivity contribution is 5.17. The largest absolute Gasteiger partial charge is 0.242 e. The maximum atomic E-state index is 13.2. The second-order valence-electron chi connectivity index (χ2n) is 2.58. The van der Waals surface area contributed by atoms with Crippen LogP contribution in [0.2, 0.25) is 0 Å². The molecule has 0 radical (unpaired) electrons. The van der Waals surface area contributed by atoms with Crippen molar-refractivity contribution in [3.8, 4) is 6.07 Å². The lowest BCUT2D eigenvalue weighted by molar-refractivity contribution is 0.326. The van der Waals surface area contributed by atoms with Crippen LogP contribution in [0.15, 0.2) is 30.3 Å². The quantitative estimate of drug-likeness (QED) is 0.672. The zero-order chi connectivity index (χ0) is 8.81. The predicted octanol–water partition coefficient (Wildman–Crippen LogP) is 3.00. The number of halogens is 1. The number of hydrogen-bond acceptors (Lipinski definition) is 1. The van der Waals surface area contributed by atoms with Crippen molar-refractivity contribution >= 4 is 0 Å². The minimum atomic E-state index is -0.995. The van der Waals surface area contributed by atoms with E-state index >= 15 is 0 Å². The van der Waals surface area contributed by atoms with Gasteiger partial charge in [-0.3, -0.25) is 0 Å². The lowest BCUT2D eigenvalue weighted by atomic mass is 10.1. The summed E-state index contributed by atoms with van der Waals surface area (Å²) in [6.45, 7) is 0. The molecular weight excluding hydrogens is 153 g/mol. The van der Waals surface area contributed by atoms with E-state index in [1.54, 1.807) is 24.3 Å². The second-order valence-corrected chi connectivity index (χ2v) is 2.58. The Morgan fingerprint density at radius 1 is 1.33 bits per heavy atom. The maximum absolute atomic E-state index is 13.2. The van der Waals surface area contributed by atoms with Crippen LogP contribution in [0.3, 0.4) is 0 Å². The van der Waals surface area contributed by atoms with E-state index in [2.05, 4.69) is 0 Å². The second kappa shape index (κ2) is 4.50. The van der Waals surface area contributed by atoms with Gasteiger partial charge in [-0.25, -0.2) is 4.39 Å². The van der Waals surface area contributed by atoms with E-state index in [4.69, 9.17) is 5.26 Å². The molecule has 0 fully saturated rings. The minimum absolute atomic E-state index is 0.274. The molecule has 1 aromatic rings. The Kier molecular flexibility index (Phi) is 3.28. The predicted molar refractivity (Wildman–Crippen MR) is 45.1 cm³/mol. The fourth-order valence-corrected chi connectivity index (χ4v) is 1.02. The molecule has 2 heteroatoms. The van der Waals surface area contributed by atoms with Gasteiger partial charge in [0, 0.05) is 6.42 Å². The molecule has 62 valence electrons. The monoisotopic (exact) mass is 163 g/mol. The Morgan fingerprint density at radius 2 is 2.00 bits per heavy atom. The lowest BCUT2D eigenvalue weighted by Gasteiger charge is -2.04. The highest BCUT2D eigenvalue weighted by Gasteiger charge is 2.07. The topological polar surface area (TPSA) is 23.8 Å². The summed E-state index contributed by atoms with van der Waals surface area (Å²) in [7, 11) is 0. The van der Waals surface area contributed by atoms with E-state index in [1.807, 2.05) is 12.1 Å². The van der Waals surface area contributed by atoms with Gasteiger partial charge >= 0.3 is 0 Å². The molecule has 0 saturated heterocycles. The van der Waals surface area contributed by atoms with Crippen molar-refractivity contribution in [2.24, 2.45) is 0 Å². The van der Waals surface area contributed by atoms with Gasteiger partial charge in [-0.05, 0) is 12.0 Å². The van der Waals surface area contributed by atoms with Crippen LogP contribution in [-0.2, 0) is 0 Å². The first-order valence-electron chi connectivity index (χ1n) is 3.90. The molecule has 0 spiro atoms. The van der Waals surface area contributed by atoms with Gasteiger partial charge in [0.05, 0.1) is 6.07 Å². The molecule has 1 unspecified atom stereocenters. The van der Waals surface area contributed by atoms with E-state index in [9.17, 15) is 4.39 Å². The third-order valence-corrected chi connectivity index (χ3v) is 1.67. The number of nitrogens with zero attached hydrogens (tertiary/aromatic N) is 1. The van der Waals surface area contributed by atoms with Crippen molar-refractivity contribution in [2.45, 2.75) is 19.0 Å². The zero-order valence-corrected chi connectivity index (χ0v) is 6.70. The van der Waals surface area contributed by atoms with Gasteiger partial charge in [0.2, 0.25) is 0 Å². The van der Waals surface area contributed by atoms with Gasteiger partial charge in [0.25, 0.3) is 0 Å². The number of rotatable bonds is 3. The molecule has 12 heavy (non-hydrogen) atoms. The van der Waals surface area contributed by atoms with E-state index < -0.39 is 6.17 Å². The number of hydrogen-bond donors (Lipinski definition) is 0. The average Bonchev–Trinajstić information content (AvgIpc) is 2.15. The molecule has 0 amide bonds. The Labute approximate surface area is 71.4 Å². The summed E-state index contributed by atoms with van der Waals surface area (Å²) >= 11 is 0. The van der Waals surface area contributed by atoms with E-state index in [1.165, 1.54) is 0 Å². The Bertz CT molecular complexity index is 263. The summed E-state index contributed by atoms with van der Waals surface area (Å²) in [5.41, 5.74) is 0.660. The molecule has 0 aliphatic carbocycles. The summed E-state index contributed by atoms with van der Waals surface area (Å²) in [5, 5.41) is 8.25. The fraction of sp³-hybridized carbons (Fsp3) is 0.300. The van der Waals surface area contributed by atoms with Crippen LogP contribution >= 0.6 is 0 Å². The third kappa shape index (κ3) is 2.35. The molecule has 0 aromatic heterocycles. The van der Waals surface area contributed by atoms with Gasteiger partial charge in [-0.1, -0.05) is 30.3 Å². The molecule has 1 rings (SSSR count). The lowest BCUT2D eigenvalue weighted by Crippen LogP contribution is -1.89.